The summed E-state index contributed by atoms with van der Waals surface area (Å²) in [6.45, 7) is 3.39. The standard InChI is InChI=1S/C15H21N3O2/c1-16-10-8-15-12(11-16)3-2-9-17(15)13-4-6-14(7-5-13)18(19)20/h4-7,12,15H,2-3,8-11H2,1H3. The maximum Gasteiger partial charge on any atom is 0.269 e. The van der Waals surface area contributed by atoms with Gasteiger partial charge in [0, 0.05) is 37.0 Å². The molecule has 3 rings (SSSR count). The molecule has 2 aliphatic heterocycles. The SMILES string of the molecule is CN1CCC2C(CCCN2c2ccc([N+](=O)[O-])cc2)C1. The average molecular weight is 275 g/mol. The summed E-state index contributed by atoms with van der Waals surface area (Å²) in [5.74, 6) is 0.734. The maximum absolute atomic E-state index is 10.7. The van der Waals surface area contributed by atoms with Crippen molar-refractivity contribution in [3.8, 4) is 0 Å². The van der Waals surface area contributed by atoms with Crippen LogP contribution in [0.25, 0.3) is 0 Å². The van der Waals surface area contributed by atoms with E-state index in [9.17, 15) is 10.1 Å². The van der Waals surface area contributed by atoms with Crippen molar-refractivity contribution in [2.45, 2.75) is 25.3 Å². The molecule has 0 N–H and O–H groups in total. The van der Waals surface area contributed by atoms with Gasteiger partial charge in [-0.15, -0.1) is 0 Å². The Hall–Kier alpha value is -1.62. The van der Waals surface area contributed by atoms with Crippen molar-refractivity contribution in [3.05, 3.63) is 34.4 Å². The lowest BCUT2D eigenvalue weighted by atomic mass is 9.83. The molecule has 1 aromatic rings. The first kappa shape index (κ1) is 13.4. The third kappa shape index (κ3) is 2.50. The molecular weight excluding hydrogens is 254 g/mol. The normalized spacial score (nSPS) is 27.1. The molecule has 2 atom stereocenters. The summed E-state index contributed by atoms with van der Waals surface area (Å²) >= 11 is 0. The Balaban J connectivity index is 1.80. The van der Waals surface area contributed by atoms with Crippen LogP contribution in [0, 0.1) is 16.0 Å². The van der Waals surface area contributed by atoms with Crippen molar-refractivity contribution in [2.75, 3.05) is 31.6 Å². The van der Waals surface area contributed by atoms with Crippen LogP contribution in [-0.2, 0) is 0 Å². The largest absolute Gasteiger partial charge is 0.368 e. The molecule has 5 heteroatoms. The van der Waals surface area contributed by atoms with Gasteiger partial charge >= 0.3 is 0 Å². The zero-order valence-electron chi connectivity index (χ0n) is 11.9. The van der Waals surface area contributed by atoms with E-state index in [2.05, 4.69) is 16.8 Å². The van der Waals surface area contributed by atoms with Crippen molar-refractivity contribution >= 4 is 11.4 Å². The molecule has 5 nitrogen and oxygen atoms in total. The fourth-order valence-electron chi connectivity index (χ4n) is 3.67. The minimum Gasteiger partial charge on any atom is -0.368 e. The van der Waals surface area contributed by atoms with Gasteiger partial charge in [0.25, 0.3) is 5.69 Å². The van der Waals surface area contributed by atoms with Gasteiger partial charge in [0.15, 0.2) is 0 Å². The van der Waals surface area contributed by atoms with Gasteiger partial charge < -0.3 is 9.80 Å². The van der Waals surface area contributed by atoms with Crippen molar-refractivity contribution in [1.82, 2.24) is 4.90 Å². The number of nitro groups is 1. The lowest BCUT2D eigenvalue weighted by Gasteiger charge is -2.47. The Labute approximate surface area is 119 Å². The lowest BCUT2D eigenvalue weighted by molar-refractivity contribution is -0.384. The Kier molecular flexibility index (Phi) is 3.61. The summed E-state index contributed by atoms with van der Waals surface area (Å²) in [5.41, 5.74) is 1.31. The Morgan fingerprint density at radius 2 is 1.95 bits per heavy atom. The highest BCUT2D eigenvalue weighted by Crippen LogP contribution is 2.34. The van der Waals surface area contributed by atoms with Gasteiger partial charge in [-0.25, -0.2) is 0 Å². The van der Waals surface area contributed by atoms with Gasteiger partial charge in [-0.1, -0.05) is 0 Å². The Morgan fingerprint density at radius 3 is 2.65 bits per heavy atom. The number of nitro benzene ring substituents is 1. The summed E-state index contributed by atoms with van der Waals surface area (Å²) in [5, 5.41) is 10.7. The van der Waals surface area contributed by atoms with Gasteiger partial charge in [0.05, 0.1) is 4.92 Å². The molecule has 0 aromatic heterocycles. The smallest absolute Gasteiger partial charge is 0.269 e. The van der Waals surface area contributed by atoms with Crippen LogP contribution < -0.4 is 4.90 Å². The van der Waals surface area contributed by atoms with E-state index in [1.54, 1.807) is 12.1 Å². The molecule has 0 radical (unpaired) electrons. The Bertz CT molecular complexity index is 488. The molecule has 108 valence electrons. The number of non-ortho nitro benzene ring substituents is 1. The van der Waals surface area contributed by atoms with Gasteiger partial charge in [-0.2, -0.15) is 0 Å². The predicted molar refractivity (Wildman–Crippen MR) is 79.1 cm³/mol. The summed E-state index contributed by atoms with van der Waals surface area (Å²) in [7, 11) is 2.20. The molecule has 2 fully saturated rings. The number of anilines is 1. The van der Waals surface area contributed by atoms with Crippen LogP contribution >= 0.6 is 0 Å². The molecule has 1 aromatic carbocycles. The number of benzene rings is 1. The van der Waals surface area contributed by atoms with Gasteiger partial charge in [0.1, 0.15) is 0 Å². The van der Waals surface area contributed by atoms with Crippen molar-refractivity contribution in [1.29, 1.82) is 0 Å². The lowest BCUT2D eigenvalue weighted by Crippen LogP contribution is -2.53. The topological polar surface area (TPSA) is 49.6 Å². The molecule has 0 amide bonds. The third-order valence-corrected chi connectivity index (χ3v) is 4.66. The number of likely N-dealkylation sites (tertiary alicyclic amines) is 1. The number of rotatable bonds is 2. The van der Waals surface area contributed by atoms with Crippen LogP contribution in [0.5, 0.6) is 0 Å². The second-order valence-corrected chi connectivity index (χ2v) is 5.99. The van der Waals surface area contributed by atoms with Crippen LogP contribution in [0.4, 0.5) is 11.4 Å². The van der Waals surface area contributed by atoms with Crippen molar-refractivity contribution in [3.63, 3.8) is 0 Å². The summed E-state index contributed by atoms with van der Waals surface area (Å²) in [4.78, 5) is 15.3. The van der Waals surface area contributed by atoms with E-state index in [0.717, 1.165) is 24.7 Å². The quantitative estimate of drug-likeness (QED) is 0.614. The van der Waals surface area contributed by atoms with E-state index in [1.165, 1.54) is 25.8 Å². The van der Waals surface area contributed by atoms with Crippen LogP contribution in [0.2, 0.25) is 0 Å². The molecule has 0 bridgehead atoms. The van der Waals surface area contributed by atoms with E-state index in [4.69, 9.17) is 0 Å². The first-order valence-corrected chi connectivity index (χ1v) is 7.35. The maximum atomic E-state index is 10.7. The van der Waals surface area contributed by atoms with Crippen molar-refractivity contribution in [2.24, 2.45) is 5.92 Å². The van der Waals surface area contributed by atoms with E-state index in [0.29, 0.717) is 6.04 Å². The van der Waals surface area contributed by atoms with Crippen LogP contribution in [0.1, 0.15) is 19.3 Å². The number of hydrogen-bond donors (Lipinski definition) is 0. The van der Waals surface area contributed by atoms with Crippen LogP contribution in [0.15, 0.2) is 24.3 Å². The summed E-state index contributed by atoms with van der Waals surface area (Å²) < 4.78 is 0. The summed E-state index contributed by atoms with van der Waals surface area (Å²) in [6.07, 6.45) is 3.71. The first-order chi connectivity index (χ1) is 9.65. The van der Waals surface area contributed by atoms with Crippen molar-refractivity contribution < 1.29 is 4.92 Å². The van der Waals surface area contributed by atoms with E-state index in [1.807, 2.05) is 12.1 Å². The summed E-state index contributed by atoms with van der Waals surface area (Å²) in [6, 6.07) is 7.64. The monoisotopic (exact) mass is 275 g/mol. The zero-order valence-corrected chi connectivity index (χ0v) is 11.9. The van der Waals surface area contributed by atoms with Gasteiger partial charge in [-0.05, 0) is 50.9 Å². The number of fused-ring (bicyclic) bond motifs is 1. The Morgan fingerprint density at radius 1 is 1.20 bits per heavy atom. The fourth-order valence-corrected chi connectivity index (χ4v) is 3.67. The van der Waals surface area contributed by atoms with E-state index >= 15 is 0 Å². The molecule has 2 aliphatic rings. The van der Waals surface area contributed by atoms with E-state index < -0.39 is 0 Å². The molecule has 2 heterocycles. The minimum atomic E-state index is -0.335. The second-order valence-electron chi connectivity index (χ2n) is 5.99. The molecule has 0 aliphatic carbocycles. The average Bonchev–Trinajstić information content (AvgIpc) is 2.46. The highest BCUT2D eigenvalue weighted by atomic mass is 16.6. The number of piperidine rings is 2. The molecule has 2 unspecified atom stereocenters. The molecular formula is C15H21N3O2. The number of hydrogen-bond acceptors (Lipinski definition) is 4. The molecule has 2 saturated heterocycles. The highest BCUT2D eigenvalue weighted by Gasteiger charge is 2.35. The second kappa shape index (κ2) is 5.40. The van der Waals surface area contributed by atoms with Gasteiger partial charge in [-0.3, -0.25) is 10.1 Å². The minimum absolute atomic E-state index is 0.172. The third-order valence-electron chi connectivity index (χ3n) is 4.66. The predicted octanol–water partition coefficient (Wildman–Crippen LogP) is 2.52. The highest BCUT2D eigenvalue weighted by molar-refractivity contribution is 5.52. The number of nitrogens with zero attached hydrogens (tertiary/aromatic N) is 3. The first-order valence-electron chi connectivity index (χ1n) is 7.35. The molecule has 0 saturated carbocycles. The van der Waals surface area contributed by atoms with Gasteiger partial charge in [0.2, 0.25) is 0 Å². The van der Waals surface area contributed by atoms with Crippen LogP contribution in [0.3, 0.4) is 0 Å². The molecule has 20 heavy (non-hydrogen) atoms. The van der Waals surface area contributed by atoms with Crippen LogP contribution in [-0.4, -0.2) is 42.5 Å². The zero-order chi connectivity index (χ0) is 14.1. The molecule has 0 spiro atoms. The fraction of sp³-hybridized carbons (Fsp3) is 0.600. The van der Waals surface area contributed by atoms with E-state index in [-0.39, 0.29) is 10.6 Å².